The lowest BCUT2D eigenvalue weighted by atomic mass is 10.2. The van der Waals surface area contributed by atoms with Crippen molar-refractivity contribution >= 4 is 12.0 Å². The molecule has 0 unspecified atom stereocenters. The van der Waals surface area contributed by atoms with Crippen LogP contribution in [0.1, 0.15) is 16.2 Å². The van der Waals surface area contributed by atoms with Crippen LogP contribution in [-0.2, 0) is 0 Å². The second-order valence-electron chi connectivity index (χ2n) is 3.78. The lowest BCUT2D eigenvalue weighted by molar-refractivity contribution is 0.0976. The summed E-state index contributed by atoms with van der Waals surface area (Å²) in [4.78, 5) is 16.2. The van der Waals surface area contributed by atoms with Gasteiger partial charge in [-0.25, -0.2) is 4.98 Å². The minimum absolute atomic E-state index is 0.0190. The van der Waals surface area contributed by atoms with Crippen LogP contribution < -0.4 is 0 Å². The van der Waals surface area contributed by atoms with Gasteiger partial charge in [0.25, 0.3) is 5.91 Å². The van der Waals surface area contributed by atoms with Crippen molar-refractivity contribution in [3.8, 4) is 11.4 Å². The molecule has 1 aromatic heterocycles. The number of aryl methyl sites for hydroxylation is 1. The third-order valence-corrected chi connectivity index (χ3v) is 2.73. The Kier molecular flexibility index (Phi) is 1.80. The Morgan fingerprint density at radius 1 is 1.12 bits per heavy atom. The van der Waals surface area contributed by atoms with E-state index >= 15 is 0 Å². The maximum absolute atomic E-state index is 11.7. The smallest absolute Gasteiger partial charge is 0.256 e. The normalized spacial score (nSPS) is 13.2. The van der Waals surface area contributed by atoms with Crippen LogP contribution in [0.3, 0.4) is 0 Å². The van der Waals surface area contributed by atoms with Gasteiger partial charge in [0, 0.05) is 11.6 Å². The highest BCUT2D eigenvalue weighted by atomic mass is 16.2. The van der Waals surface area contributed by atoms with Gasteiger partial charge in [-0.3, -0.25) is 9.36 Å². The summed E-state index contributed by atoms with van der Waals surface area (Å²) >= 11 is 0. The Morgan fingerprint density at radius 2 is 1.88 bits per heavy atom. The lowest BCUT2D eigenvalue weighted by Gasteiger charge is -2.02. The highest BCUT2D eigenvalue weighted by Gasteiger charge is 2.21. The van der Waals surface area contributed by atoms with E-state index in [-0.39, 0.29) is 5.91 Å². The summed E-state index contributed by atoms with van der Waals surface area (Å²) in [6.45, 7) is 1.92. The van der Waals surface area contributed by atoms with Crippen LogP contribution in [0.4, 0.5) is 0 Å². The number of hydrogen-bond donors (Lipinski definition) is 0. The van der Waals surface area contributed by atoms with Gasteiger partial charge in [-0.2, -0.15) is 0 Å². The number of rotatable bonds is 1. The average Bonchev–Trinajstić information content (AvgIpc) is 2.83. The van der Waals surface area contributed by atoms with E-state index in [1.54, 1.807) is 10.6 Å². The van der Waals surface area contributed by atoms with Crippen molar-refractivity contribution in [3.63, 3.8) is 0 Å². The number of carbonyl (C=O) groups is 1. The Morgan fingerprint density at radius 3 is 2.62 bits per heavy atom. The molecule has 3 rings (SSSR count). The summed E-state index contributed by atoms with van der Waals surface area (Å²) in [6.07, 6.45) is 3.40. The van der Waals surface area contributed by atoms with Gasteiger partial charge in [0.15, 0.2) is 0 Å². The van der Waals surface area contributed by atoms with Crippen molar-refractivity contribution in [2.45, 2.75) is 6.92 Å². The number of nitrogens with zero attached hydrogens (tertiary/aromatic N) is 2. The van der Waals surface area contributed by atoms with Crippen molar-refractivity contribution < 1.29 is 4.79 Å². The number of benzene rings is 1. The molecule has 0 amide bonds. The monoisotopic (exact) mass is 210 g/mol. The van der Waals surface area contributed by atoms with Crippen LogP contribution in [0.5, 0.6) is 0 Å². The number of aromatic nitrogens is 2. The molecule has 0 aliphatic carbocycles. The summed E-state index contributed by atoms with van der Waals surface area (Å²) in [7, 11) is 0. The fraction of sp³-hybridized carbons (Fsp3) is 0.0769. The lowest BCUT2D eigenvalue weighted by Crippen LogP contribution is -2.06. The van der Waals surface area contributed by atoms with Crippen LogP contribution in [0.2, 0.25) is 0 Å². The molecule has 1 aliphatic rings. The van der Waals surface area contributed by atoms with Gasteiger partial charge in [-0.15, -0.1) is 0 Å². The van der Waals surface area contributed by atoms with Crippen LogP contribution in [0.25, 0.3) is 17.5 Å². The highest BCUT2D eigenvalue weighted by Crippen LogP contribution is 2.26. The maximum atomic E-state index is 11.7. The van der Waals surface area contributed by atoms with Crippen LogP contribution in [-0.4, -0.2) is 15.5 Å². The molecular formula is C13H10N2O. The first-order valence-electron chi connectivity index (χ1n) is 5.14. The molecular weight excluding hydrogens is 200 g/mol. The quantitative estimate of drug-likeness (QED) is 0.724. The highest BCUT2D eigenvalue weighted by molar-refractivity contribution is 6.01. The van der Waals surface area contributed by atoms with Crippen molar-refractivity contribution in [3.05, 3.63) is 47.8 Å². The van der Waals surface area contributed by atoms with Crippen LogP contribution >= 0.6 is 0 Å². The van der Waals surface area contributed by atoms with E-state index in [1.165, 1.54) is 0 Å². The van der Waals surface area contributed by atoms with Gasteiger partial charge in [0.2, 0.25) is 0 Å². The predicted octanol–water partition coefficient (Wildman–Crippen LogP) is 2.53. The zero-order valence-corrected chi connectivity index (χ0v) is 8.84. The fourth-order valence-corrected chi connectivity index (χ4v) is 1.97. The fourth-order valence-electron chi connectivity index (χ4n) is 1.97. The molecule has 2 aromatic rings. The number of carbonyl (C=O) groups excluding carboxylic acids is 1. The third kappa shape index (κ3) is 1.15. The van der Waals surface area contributed by atoms with Gasteiger partial charge in [0.1, 0.15) is 5.82 Å². The number of allylic oxidation sites excluding steroid dienone is 1. The molecule has 0 atom stereocenters. The average molecular weight is 210 g/mol. The molecule has 3 nitrogen and oxygen atoms in total. The molecule has 0 fully saturated rings. The van der Waals surface area contributed by atoms with E-state index < -0.39 is 0 Å². The zero-order chi connectivity index (χ0) is 11.1. The van der Waals surface area contributed by atoms with E-state index in [2.05, 4.69) is 4.98 Å². The summed E-state index contributed by atoms with van der Waals surface area (Å²) in [5, 5.41) is 0. The molecule has 16 heavy (non-hydrogen) atoms. The second-order valence-corrected chi connectivity index (χ2v) is 3.78. The van der Waals surface area contributed by atoms with E-state index in [4.69, 9.17) is 0 Å². The Labute approximate surface area is 93.1 Å². The SMILES string of the molecule is Cc1nc(-c2ccccc2)n2c1C=CC2=O. The molecule has 1 aromatic carbocycles. The van der Waals surface area contributed by atoms with E-state index in [0.29, 0.717) is 0 Å². The number of imidazole rings is 1. The largest absolute Gasteiger partial charge is 0.269 e. The minimum atomic E-state index is -0.0190. The summed E-state index contributed by atoms with van der Waals surface area (Å²) in [5.41, 5.74) is 2.75. The van der Waals surface area contributed by atoms with Crippen molar-refractivity contribution in [1.29, 1.82) is 0 Å². The molecule has 0 radical (unpaired) electrons. The first-order valence-corrected chi connectivity index (χ1v) is 5.14. The molecule has 0 spiro atoms. The Balaban J connectivity index is 2.26. The molecule has 2 heterocycles. The van der Waals surface area contributed by atoms with Gasteiger partial charge >= 0.3 is 0 Å². The topological polar surface area (TPSA) is 34.9 Å². The minimum Gasteiger partial charge on any atom is -0.269 e. The van der Waals surface area contributed by atoms with Crippen LogP contribution in [0.15, 0.2) is 36.4 Å². The summed E-state index contributed by atoms with van der Waals surface area (Å²) in [5.74, 6) is 0.706. The van der Waals surface area contributed by atoms with E-state index in [9.17, 15) is 4.79 Å². The molecule has 0 N–H and O–H groups in total. The molecule has 0 saturated heterocycles. The second kappa shape index (κ2) is 3.17. The van der Waals surface area contributed by atoms with Crippen molar-refractivity contribution in [2.24, 2.45) is 0 Å². The summed E-state index contributed by atoms with van der Waals surface area (Å²) in [6, 6.07) is 9.75. The number of fused-ring (bicyclic) bond motifs is 1. The van der Waals surface area contributed by atoms with E-state index in [1.807, 2.05) is 43.3 Å². The number of hydrogen-bond acceptors (Lipinski definition) is 2. The van der Waals surface area contributed by atoms with Crippen molar-refractivity contribution in [2.75, 3.05) is 0 Å². The Bertz CT molecular complexity index is 594. The van der Waals surface area contributed by atoms with Gasteiger partial charge in [-0.05, 0) is 13.0 Å². The first kappa shape index (κ1) is 9.09. The van der Waals surface area contributed by atoms with Crippen LogP contribution in [0, 0.1) is 6.92 Å². The first-order chi connectivity index (χ1) is 7.77. The van der Waals surface area contributed by atoms with E-state index in [0.717, 1.165) is 22.8 Å². The molecule has 78 valence electrons. The molecule has 0 saturated carbocycles. The Hall–Kier alpha value is -2.16. The standard InChI is InChI=1S/C13H10N2O/c1-9-11-7-8-12(16)15(11)13(14-9)10-5-3-2-4-6-10/h2-8H,1H3. The van der Waals surface area contributed by atoms with Gasteiger partial charge < -0.3 is 0 Å². The van der Waals surface area contributed by atoms with Gasteiger partial charge in [-0.1, -0.05) is 30.3 Å². The third-order valence-electron chi connectivity index (χ3n) is 2.73. The molecule has 1 aliphatic heterocycles. The van der Waals surface area contributed by atoms with Gasteiger partial charge in [0.05, 0.1) is 11.4 Å². The zero-order valence-electron chi connectivity index (χ0n) is 8.84. The van der Waals surface area contributed by atoms with Crippen molar-refractivity contribution in [1.82, 2.24) is 9.55 Å². The molecule has 3 heteroatoms. The molecule has 0 bridgehead atoms. The predicted molar refractivity (Wildman–Crippen MR) is 62.1 cm³/mol. The maximum Gasteiger partial charge on any atom is 0.256 e. The summed E-state index contributed by atoms with van der Waals surface area (Å²) < 4.78 is 1.66.